The molecule has 0 radical (unpaired) electrons. The van der Waals surface area contributed by atoms with Crippen molar-refractivity contribution in [1.82, 2.24) is 10.3 Å². The summed E-state index contributed by atoms with van der Waals surface area (Å²) in [5.74, 6) is -0.293. The summed E-state index contributed by atoms with van der Waals surface area (Å²) in [6, 6.07) is 15.4. The van der Waals surface area contributed by atoms with Crippen molar-refractivity contribution in [3.8, 4) is 11.3 Å². The first-order valence-corrected chi connectivity index (χ1v) is 8.49. The monoisotopic (exact) mass is 359 g/mol. The number of anilines is 2. The van der Waals surface area contributed by atoms with Gasteiger partial charge in [0.1, 0.15) is 5.70 Å². The molecular formula is C21H21N5O. The van der Waals surface area contributed by atoms with Gasteiger partial charge in [-0.3, -0.25) is 4.79 Å². The Labute approximate surface area is 157 Å². The average Bonchev–Trinajstić information content (AvgIpc) is 2.67. The SMILES string of the molecule is CN/C(=C\C=N)C(=O)Nc1ccc(-c2ccc3cc(N)ccc3n2)cc1C. The fourth-order valence-electron chi connectivity index (χ4n) is 2.81. The Morgan fingerprint density at radius 3 is 2.67 bits per heavy atom. The normalized spacial score (nSPS) is 11.3. The van der Waals surface area contributed by atoms with Crippen molar-refractivity contribution in [3.63, 3.8) is 0 Å². The number of aromatic nitrogens is 1. The number of amides is 1. The number of nitrogens with two attached hydrogens (primary N) is 1. The molecule has 0 unspecified atom stereocenters. The van der Waals surface area contributed by atoms with Crippen molar-refractivity contribution in [2.75, 3.05) is 18.1 Å². The molecule has 0 fully saturated rings. The lowest BCUT2D eigenvalue weighted by molar-refractivity contribution is -0.113. The Bertz CT molecular complexity index is 1060. The quantitative estimate of drug-likeness (QED) is 0.318. The largest absolute Gasteiger partial charge is 0.399 e. The van der Waals surface area contributed by atoms with E-state index < -0.39 is 0 Å². The summed E-state index contributed by atoms with van der Waals surface area (Å²) in [5.41, 5.74) is 11.2. The lowest BCUT2D eigenvalue weighted by atomic mass is 10.1. The van der Waals surface area contributed by atoms with Crippen molar-refractivity contribution in [2.24, 2.45) is 0 Å². The number of nitrogens with one attached hydrogen (secondary N) is 3. The zero-order valence-electron chi connectivity index (χ0n) is 15.2. The van der Waals surface area contributed by atoms with Crippen molar-refractivity contribution >= 4 is 34.4 Å². The van der Waals surface area contributed by atoms with Crippen molar-refractivity contribution in [1.29, 1.82) is 5.41 Å². The fraction of sp³-hybridized carbons (Fsp3) is 0.0952. The summed E-state index contributed by atoms with van der Waals surface area (Å²) in [7, 11) is 1.64. The van der Waals surface area contributed by atoms with Crippen molar-refractivity contribution in [3.05, 3.63) is 65.9 Å². The van der Waals surface area contributed by atoms with E-state index in [4.69, 9.17) is 16.1 Å². The number of nitrogen functional groups attached to an aromatic ring is 1. The minimum atomic E-state index is -0.293. The summed E-state index contributed by atoms with van der Waals surface area (Å²) >= 11 is 0. The number of fused-ring (bicyclic) bond motifs is 1. The summed E-state index contributed by atoms with van der Waals surface area (Å²) < 4.78 is 0. The van der Waals surface area contributed by atoms with Gasteiger partial charge in [-0.25, -0.2) is 4.98 Å². The molecule has 0 aliphatic carbocycles. The summed E-state index contributed by atoms with van der Waals surface area (Å²) in [5, 5.41) is 13.7. The van der Waals surface area contributed by atoms with E-state index in [-0.39, 0.29) is 5.91 Å². The molecule has 0 aliphatic rings. The summed E-state index contributed by atoms with van der Waals surface area (Å²) in [6.07, 6.45) is 2.48. The summed E-state index contributed by atoms with van der Waals surface area (Å²) in [4.78, 5) is 16.9. The average molecular weight is 359 g/mol. The lowest BCUT2D eigenvalue weighted by Gasteiger charge is -2.12. The minimum absolute atomic E-state index is 0.293. The number of aryl methyl sites for hydroxylation is 1. The second-order valence-electron chi connectivity index (χ2n) is 6.13. The number of likely N-dealkylation sites (N-methyl/N-ethyl adjacent to an activating group) is 1. The van der Waals surface area contributed by atoms with Gasteiger partial charge in [0.25, 0.3) is 5.91 Å². The van der Waals surface area contributed by atoms with Crippen LogP contribution in [0.4, 0.5) is 11.4 Å². The topological polar surface area (TPSA) is 104 Å². The van der Waals surface area contributed by atoms with Crippen LogP contribution >= 0.6 is 0 Å². The number of benzene rings is 2. The number of pyridine rings is 1. The highest BCUT2D eigenvalue weighted by molar-refractivity contribution is 6.05. The van der Waals surface area contributed by atoms with Crippen LogP contribution in [0, 0.1) is 12.3 Å². The van der Waals surface area contributed by atoms with Gasteiger partial charge in [0.15, 0.2) is 0 Å². The molecule has 136 valence electrons. The maximum atomic E-state index is 12.2. The third kappa shape index (κ3) is 3.95. The van der Waals surface area contributed by atoms with Gasteiger partial charge in [-0.1, -0.05) is 12.1 Å². The van der Waals surface area contributed by atoms with Gasteiger partial charge in [0.05, 0.1) is 11.2 Å². The van der Waals surface area contributed by atoms with Crippen LogP contribution < -0.4 is 16.4 Å². The van der Waals surface area contributed by atoms with Gasteiger partial charge in [-0.15, -0.1) is 0 Å². The second-order valence-corrected chi connectivity index (χ2v) is 6.13. The predicted octanol–water partition coefficient (Wildman–Crippen LogP) is 3.48. The lowest BCUT2D eigenvalue weighted by Crippen LogP contribution is -2.23. The molecule has 0 saturated carbocycles. The molecule has 6 heteroatoms. The number of carbonyl (C=O) groups excluding carboxylic acids is 1. The molecule has 1 amide bonds. The van der Waals surface area contributed by atoms with Gasteiger partial charge in [-0.2, -0.15) is 0 Å². The van der Waals surface area contributed by atoms with E-state index in [0.717, 1.165) is 33.9 Å². The minimum Gasteiger partial charge on any atom is -0.399 e. The van der Waals surface area contributed by atoms with Gasteiger partial charge in [-0.05, 0) is 55.0 Å². The third-order valence-corrected chi connectivity index (χ3v) is 4.25. The number of rotatable bonds is 5. The van der Waals surface area contributed by atoms with Crippen molar-refractivity contribution < 1.29 is 4.79 Å². The maximum Gasteiger partial charge on any atom is 0.271 e. The molecule has 27 heavy (non-hydrogen) atoms. The van der Waals surface area contributed by atoms with E-state index in [1.807, 2.05) is 55.5 Å². The van der Waals surface area contributed by atoms with E-state index in [1.54, 1.807) is 7.05 Å². The van der Waals surface area contributed by atoms with Crippen LogP contribution in [0.5, 0.6) is 0 Å². The molecular weight excluding hydrogens is 338 g/mol. The molecule has 6 nitrogen and oxygen atoms in total. The Morgan fingerprint density at radius 1 is 1.15 bits per heavy atom. The van der Waals surface area contributed by atoms with Gasteiger partial charge in [0.2, 0.25) is 0 Å². The number of hydrogen-bond donors (Lipinski definition) is 4. The van der Waals surface area contributed by atoms with Crippen LogP contribution in [0.25, 0.3) is 22.2 Å². The third-order valence-electron chi connectivity index (χ3n) is 4.25. The number of nitrogens with zero attached hydrogens (tertiary/aromatic N) is 1. The van der Waals surface area contributed by atoms with E-state index >= 15 is 0 Å². The molecule has 1 heterocycles. The van der Waals surface area contributed by atoms with Crippen molar-refractivity contribution in [2.45, 2.75) is 6.92 Å². The first-order chi connectivity index (χ1) is 13.0. The first-order valence-electron chi connectivity index (χ1n) is 8.49. The molecule has 0 aliphatic heterocycles. The Kier molecular flexibility index (Phi) is 5.17. The van der Waals surface area contributed by atoms with Crippen LogP contribution in [0.3, 0.4) is 0 Å². The van der Waals surface area contributed by atoms with E-state index in [1.165, 1.54) is 6.08 Å². The van der Waals surface area contributed by atoms with E-state index in [0.29, 0.717) is 17.1 Å². The van der Waals surface area contributed by atoms with Crippen LogP contribution in [0.15, 0.2) is 60.3 Å². The fourth-order valence-corrected chi connectivity index (χ4v) is 2.81. The molecule has 5 N–H and O–H groups in total. The van der Waals surface area contributed by atoms with Gasteiger partial charge < -0.3 is 21.8 Å². The predicted molar refractivity (Wildman–Crippen MR) is 111 cm³/mol. The van der Waals surface area contributed by atoms with Crippen LogP contribution in [-0.4, -0.2) is 24.2 Å². The molecule has 1 aromatic heterocycles. The standard InChI is InChI=1S/C21H21N5O/c1-13-11-14(3-6-17(13)26-21(27)20(24-2)9-10-22)18-7-4-15-12-16(23)5-8-19(15)25-18/h3-12,22,24H,23H2,1-2H3,(H,26,27)/b20-9-,22-10?. The Morgan fingerprint density at radius 2 is 1.96 bits per heavy atom. The number of carbonyl (C=O) groups is 1. The molecule has 0 bridgehead atoms. The first kappa shape index (κ1) is 18.1. The highest BCUT2D eigenvalue weighted by Gasteiger charge is 2.10. The zero-order chi connectivity index (χ0) is 19.4. The van der Waals surface area contributed by atoms with Crippen LogP contribution in [-0.2, 0) is 4.79 Å². The molecule has 0 spiro atoms. The van der Waals surface area contributed by atoms with E-state index in [9.17, 15) is 4.79 Å². The van der Waals surface area contributed by atoms with Gasteiger partial charge >= 0.3 is 0 Å². The van der Waals surface area contributed by atoms with Crippen LogP contribution in [0.1, 0.15) is 5.56 Å². The molecule has 3 rings (SSSR count). The second kappa shape index (κ2) is 7.70. The molecule has 2 aromatic carbocycles. The molecule has 0 saturated heterocycles. The molecule has 0 atom stereocenters. The highest BCUT2D eigenvalue weighted by atomic mass is 16.2. The Balaban J connectivity index is 1.88. The smallest absolute Gasteiger partial charge is 0.271 e. The molecule has 3 aromatic rings. The number of allylic oxidation sites excluding steroid dienone is 1. The van der Waals surface area contributed by atoms with Crippen LogP contribution in [0.2, 0.25) is 0 Å². The van der Waals surface area contributed by atoms with E-state index in [2.05, 4.69) is 10.6 Å². The maximum absolute atomic E-state index is 12.2. The summed E-state index contributed by atoms with van der Waals surface area (Å²) in [6.45, 7) is 1.93. The number of hydrogen-bond acceptors (Lipinski definition) is 5. The highest BCUT2D eigenvalue weighted by Crippen LogP contribution is 2.26. The van der Waals surface area contributed by atoms with Gasteiger partial charge in [0, 0.05) is 35.6 Å². The zero-order valence-corrected chi connectivity index (χ0v) is 15.2. The Hall–Kier alpha value is -3.67.